The Kier molecular flexibility index (Phi) is 5.42. The Labute approximate surface area is 179 Å². The predicted molar refractivity (Wildman–Crippen MR) is 116 cm³/mol. The number of benzene rings is 2. The second-order valence-corrected chi connectivity index (χ2v) is 10.3. The monoisotopic (exact) mass is 445 g/mol. The number of hydrogen-bond acceptors (Lipinski definition) is 5. The third kappa shape index (κ3) is 4.27. The number of hydrogen-bond donors (Lipinski definition) is 0. The maximum absolute atomic E-state index is 13.4. The number of carbonyl (C=O) groups excluding carboxylic acids is 1. The van der Waals surface area contributed by atoms with Crippen molar-refractivity contribution >= 4 is 38.3 Å². The van der Waals surface area contributed by atoms with E-state index in [1.807, 2.05) is 13.0 Å². The van der Waals surface area contributed by atoms with Gasteiger partial charge in [0.25, 0.3) is 5.91 Å². The van der Waals surface area contributed by atoms with E-state index in [4.69, 9.17) is 16.0 Å². The first-order valence-electron chi connectivity index (χ1n) is 9.52. The van der Waals surface area contributed by atoms with E-state index in [0.29, 0.717) is 22.4 Å². The Morgan fingerprint density at radius 2 is 2.00 bits per heavy atom. The van der Waals surface area contributed by atoms with E-state index in [9.17, 15) is 18.0 Å². The standard InChI is InChI=1S/C22H20ClNO5S/c1-14-5-6-20-18(9-14)19(25)11-21(29-20)22(26)24(17-7-8-30(27,28)13-17)12-15-3-2-4-16(23)10-15/h2-6,9-11,17H,7-8,12-13H2,1H3/t17-/m0/s1. The second-order valence-electron chi connectivity index (χ2n) is 7.59. The molecule has 1 aliphatic rings. The molecule has 6 nitrogen and oxygen atoms in total. The van der Waals surface area contributed by atoms with Gasteiger partial charge in [0.15, 0.2) is 21.0 Å². The van der Waals surface area contributed by atoms with E-state index in [2.05, 4.69) is 0 Å². The summed E-state index contributed by atoms with van der Waals surface area (Å²) in [6, 6.07) is 12.9. The molecular formula is C22H20ClNO5S. The van der Waals surface area contributed by atoms with E-state index < -0.39 is 21.8 Å². The van der Waals surface area contributed by atoms with Crippen LogP contribution in [0.4, 0.5) is 0 Å². The molecule has 0 spiro atoms. The van der Waals surface area contributed by atoms with Crippen LogP contribution in [0, 0.1) is 6.92 Å². The lowest BCUT2D eigenvalue weighted by atomic mass is 10.1. The Hall–Kier alpha value is -2.64. The molecule has 3 aromatic rings. The van der Waals surface area contributed by atoms with E-state index >= 15 is 0 Å². The zero-order valence-electron chi connectivity index (χ0n) is 16.3. The van der Waals surface area contributed by atoms with Crippen LogP contribution < -0.4 is 5.43 Å². The van der Waals surface area contributed by atoms with Crippen LogP contribution in [0.2, 0.25) is 5.02 Å². The molecule has 8 heteroatoms. The maximum atomic E-state index is 13.4. The fourth-order valence-corrected chi connectivity index (χ4v) is 5.68. The minimum atomic E-state index is -3.22. The quantitative estimate of drug-likeness (QED) is 0.612. The molecule has 0 saturated carbocycles. The van der Waals surface area contributed by atoms with Crippen LogP contribution in [0.15, 0.2) is 57.7 Å². The first-order valence-corrected chi connectivity index (χ1v) is 11.7. The average molecular weight is 446 g/mol. The van der Waals surface area contributed by atoms with Gasteiger partial charge in [-0.05, 0) is 43.2 Å². The van der Waals surface area contributed by atoms with Gasteiger partial charge in [-0.25, -0.2) is 8.42 Å². The Morgan fingerprint density at radius 3 is 2.70 bits per heavy atom. The first-order chi connectivity index (χ1) is 14.2. The molecule has 1 aliphatic heterocycles. The number of sulfone groups is 1. The van der Waals surface area contributed by atoms with Gasteiger partial charge in [0.1, 0.15) is 5.58 Å². The van der Waals surface area contributed by atoms with Crippen molar-refractivity contribution in [3.05, 3.63) is 80.7 Å². The normalized spacial score (nSPS) is 17.9. The van der Waals surface area contributed by atoms with Crippen molar-refractivity contribution in [2.75, 3.05) is 11.5 Å². The number of rotatable bonds is 4. The van der Waals surface area contributed by atoms with E-state index in [0.717, 1.165) is 11.1 Å². The largest absolute Gasteiger partial charge is 0.451 e. The highest BCUT2D eigenvalue weighted by Crippen LogP contribution is 2.24. The van der Waals surface area contributed by atoms with Gasteiger partial charge >= 0.3 is 0 Å². The lowest BCUT2D eigenvalue weighted by Gasteiger charge is -2.28. The van der Waals surface area contributed by atoms with E-state index in [-0.39, 0.29) is 29.2 Å². The summed E-state index contributed by atoms with van der Waals surface area (Å²) >= 11 is 6.07. The predicted octanol–water partition coefficient (Wildman–Crippen LogP) is 3.58. The molecule has 1 aromatic heterocycles. The van der Waals surface area contributed by atoms with Gasteiger partial charge in [-0.15, -0.1) is 0 Å². The smallest absolute Gasteiger partial charge is 0.290 e. The minimum Gasteiger partial charge on any atom is -0.451 e. The third-order valence-electron chi connectivity index (χ3n) is 5.25. The molecule has 4 rings (SSSR count). The number of fused-ring (bicyclic) bond motifs is 1. The van der Waals surface area contributed by atoms with Crippen molar-refractivity contribution in [3.63, 3.8) is 0 Å². The SMILES string of the molecule is Cc1ccc2oc(C(=O)N(Cc3cccc(Cl)c3)[C@H]3CCS(=O)(=O)C3)cc(=O)c2c1. The average Bonchev–Trinajstić information content (AvgIpc) is 3.05. The summed E-state index contributed by atoms with van der Waals surface area (Å²) in [5, 5.41) is 0.919. The van der Waals surface area contributed by atoms with Crippen molar-refractivity contribution < 1.29 is 17.6 Å². The van der Waals surface area contributed by atoms with Crippen molar-refractivity contribution in [1.82, 2.24) is 4.90 Å². The molecule has 1 atom stereocenters. The van der Waals surface area contributed by atoms with Crippen LogP contribution in [0.1, 0.15) is 28.1 Å². The summed E-state index contributed by atoms with van der Waals surface area (Å²) in [7, 11) is -3.22. The number of aryl methyl sites for hydroxylation is 1. The van der Waals surface area contributed by atoms with Crippen molar-refractivity contribution in [2.45, 2.75) is 25.9 Å². The van der Waals surface area contributed by atoms with Gasteiger partial charge in [-0.1, -0.05) is 35.4 Å². The van der Waals surface area contributed by atoms with Gasteiger partial charge < -0.3 is 9.32 Å². The molecule has 2 heterocycles. The molecule has 1 fully saturated rings. The zero-order valence-corrected chi connectivity index (χ0v) is 17.9. The summed E-state index contributed by atoms with van der Waals surface area (Å²) in [5.41, 5.74) is 1.68. The zero-order chi connectivity index (χ0) is 21.5. The highest BCUT2D eigenvalue weighted by atomic mass is 35.5. The number of amides is 1. The van der Waals surface area contributed by atoms with Crippen LogP contribution in [0.25, 0.3) is 11.0 Å². The van der Waals surface area contributed by atoms with Crippen molar-refractivity contribution in [3.8, 4) is 0 Å². The third-order valence-corrected chi connectivity index (χ3v) is 7.23. The topological polar surface area (TPSA) is 84.7 Å². The van der Waals surface area contributed by atoms with Crippen LogP contribution in [-0.2, 0) is 16.4 Å². The molecule has 0 bridgehead atoms. The maximum Gasteiger partial charge on any atom is 0.290 e. The molecule has 156 valence electrons. The summed E-state index contributed by atoms with van der Waals surface area (Å²) in [4.78, 5) is 27.4. The van der Waals surface area contributed by atoms with Crippen LogP contribution in [0.5, 0.6) is 0 Å². The molecule has 1 amide bonds. The molecule has 2 aromatic carbocycles. The molecule has 1 saturated heterocycles. The van der Waals surface area contributed by atoms with Gasteiger partial charge in [-0.3, -0.25) is 9.59 Å². The van der Waals surface area contributed by atoms with Crippen LogP contribution in [0.3, 0.4) is 0 Å². The highest BCUT2D eigenvalue weighted by Gasteiger charge is 2.36. The minimum absolute atomic E-state index is 0.0257. The number of halogens is 1. The van der Waals surface area contributed by atoms with Gasteiger partial charge in [0.2, 0.25) is 0 Å². The lowest BCUT2D eigenvalue weighted by Crippen LogP contribution is -2.40. The van der Waals surface area contributed by atoms with Gasteiger partial charge in [0.05, 0.1) is 16.9 Å². The van der Waals surface area contributed by atoms with Gasteiger partial charge in [0, 0.05) is 23.7 Å². The van der Waals surface area contributed by atoms with Gasteiger partial charge in [-0.2, -0.15) is 0 Å². The summed E-state index contributed by atoms with van der Waals surface area (Å²) in [5.74, 6) is -0.715. The molecular weight excluding hydrogens is 426 g/mol. The molecule has 30 heavy (non-hydrogen) atoms. The van der Waals surface area contributed by atoms with Crippen molar-refractivity contribution in [1.29, 1.82) is 0 Å². The molecule has 0 unspecified atom stereocenters. The fourth-order valence-electron chi connectivity index (χ4n) is 3.74. The molecule has 0 aliphatic carbocycles. The van der Waals surface area contributed by atoms with Crippen molar-refractivity contribution in [2.24, 2.45) is 0 Å². The summed E-state index contributed by atoms with van der Waals surface area (Å²) in [6.45, 7) is 2.03. The lowest BCUT2D eigenvalue weighted by molar-refractivity contribution is 0.0648. The Morgan fingerprint density at radius 1 is 1.20 bits per heavy atom. The Bertz CT molecular complexity index is 1300. The number of carbonyl (C=O) groups is 1. The van der Waals surface area contributed by atoms with Crippen LogP contribution in [-0.4, -0.2) is 36.8 Å². The summed E-state index contributed by atoms with van der Waals surface area (Å²) < 4.78 is 29.8. The van der Waals surface area contributed by atoms with E-state index in [1.165, 1.54) is 11.0 Å². The first kappa shape index (κ1) is 20.6. The second kappa shape index (κ2) is 7.89. The highest BCUT2D eigenvalue weighted by molar-refractivity contribution is 7.91. The molecule has 0 N–H and O–H groups in total. The van der Waals surface area contributed by atoms with Crippen LogP contribution >= 0.6 is 11.6 Å². The Balaban J connectivity index is 1.74. The molecule has 0 radical (unpaired) electrons. The van der Waals surface area contributed by atoms with E-state index in [1.54, 1.807) is 36.4 Å². The number of nitrogens with zero attached hydrogens (tertiary/aromatic N) is 1. The fraction of sp³-hybridized carbons (Fsp3) is 0.273. The summed E-state index contributed by atoms with van der Waals surface area (Å²) in [6.07, 6.45) is 0.339.